The molecule has 4 heteroatoms. The van der Waals surface area contributed by atoms with Gasteiger partial charge < -0.3 is 15.7 Å². The Labute approximate surface area is 139 Å². The number of carbonyl (C=O) groups is 1. The number of benzene rings is 1. The molecule has 1 aliphatic carbocycles. The zero-order valence-electron chi connectivity index (χ0n) is 14.4. The van der Waals surface area contributed by atoms with E-state index in [-0.39, 0.29) is 11.9 Å². The molecule has 0 bridgehead atoms. The first-order chi connectivity index (χ1) is 11.0. The lowest BCUT2D eigenvalue weighted by atomic mass is 9.84. The molecule has 3 N–H and O–H groups in total. The van der Waals surface area contributed by atoms with Crippen LogP contribution >= 0.6 is 0 Å². The second-order valence-corrected chi connectivity index (χ2v) is 6.86. The zero-order chi connectivity index (χ0) is 16.7. The third-order valence-corrected chi connectivity index (χ3v) is 4.79. The van der Waals surface area contributed by atoms with Crippen LogP contribution in [0.2, 0.25) is 0 Å². The quantitative estimate of drug-likeness (QED) is 0.724. The maximum Gasteiger partial charge on any atom is 0.216 e. The molecule has 1 fully saturated rings. The van der Waals surface area contributed by atoms with Gasteiger partial charge in [0.2, 0.25) is 5.91 Å². The van der Waals surface area contributed by atoms with E-state index in [4.69, 9.17) is 0 Å². The molecule has 1 amide bonds. The van der Waals surface area contributed by atoms with Gasteiger partial charge in [0, 0.05) is 26.1 Å². The van der Waals surface area contributed by atoms with Gasteiger partial charge in [-0.15, -0.1) is 0 Å². The van der Waals surface area contributed by atoms with Crippen molar-refractivity contribution in [1.29, 1.82) is 0 Å². The second kappa shape index (κ2) is 8.46. The number of hydrogen-bond donors (Lipinski definition) is 3. The van der Waals surface area contributed by atoms with Gasteiger partial charge in [-0.2, -0.15) is 0 Å². The molecule has 0 radical (unpaired) electrons. The number of amides is 1. The highest BCUT2D eigenvalue weighted by Gasteiger charge is 2.29. The van der Waals surface area contributed by atoms with E-state index in [0.29, 0.717) is 13.1 Å². The summed E-state index contributed by atoms with van der Waals surface area (Å²) in [5.41, 5.74) is 1.93. The van der Waals surface area contributed by atoms with Gasteiger partial charge in [-0.05, 0) is 37.3 Å². The minimum absolute atomic E-state index is 0.0140. The Morgan fingerprint density at radius 3 is 2.48 bits per heavy atom. The Morgan fingerprint density at radius 2 is 1.87 bits per heavy atom. The summed E-state index contributed by atoms with van der Waals surface area (Å²) in [7, 11) is 0. The molecule has 1 aliphatic rings. The van der Waals surface area contributed by atoms with Crippen LogP contribution in [-0.2, 0) is 11.2 Å². The van der Waals surface area contributed by atoms with Crippen LogP contribution in [0.1, 0.15) is 63.1 Å². The molecule has 0 aliphatic heterocycles. The number of aliphatic hydroxyl groups is 1. The summed E-state index contributed by atoms with van der Waals surface area (Å²) in [6.07, 6.45) is 6.19. The topological polar surface area (TPSA) is 61.4 Å². The van der Waals surface area contributed by atoms with Crippen molar-refractivity contribution in [3.8, 4) is 0 Å². The van der Waals surface area contributed by atoms with Crippen molar-refractivity contribution in [3.05, 3.63) is 35.4 Å². The van der Waals surface area contributed by atoms with Crippen LogP contribution in [0.15, 0.2) is 24.3 Å². The Bertz CT molecular complexity index is 493. The predicted molar refractivity (Wildman–Crippen MR) is 93.3 cm³/mol. The van der Waals surface area contributed by atoms with Crippen LogP contribution in [0.4, 0.5) is 0 Å². The molecule has 4 nitrogen and oxygen atoms in total. The van der Waals surface area contributed by atoms with Gasteiger partial charge in [-0.1, -0.05) is 43.5 Å². The second-order valence-electron chi connectivity index (χ2n) is 6.86. The molecule has 1 atom stereocenters. The zero-order valence-corrected chi connectivity index (χ0v) is 14.4. The first-order valence-electron chi connectivity index (χ1n) is 8.78. The molecular formula is C19H30N2O2. The van der Waals surface area contributed by atoms with Crippen LogP contribution in [-0.4, -0.2) is 29.7 Å². The normalized spacial score (nSPS) is 18.4. The standard InChI is InChI=1S/C19H30N2O2/c1-15(21-14-19(23)11-4-3-5-12-19)18-8-6-17(7-9-18)10-13-20-16(2)22/h6-9,15,21,23H,3-5,10-14H2,1-2H3,(H,20,22). The van der Waals surface area contributed by atoms with Gasteiger partial charge >= 0.3 is 0 Å². The van der Waals surface area contributed by atoms with E-state index in [0.717, 1.165) is 32.1 Å². The number of rotatable bonds is 7. The highest BCUT2D eigenvalue weighted by Crippen LogP contribution is 2.28. The van der Waals surface area contributed by atoms with E-state index in [9.17, 15) is 9.90 Å². The van der Waals surface area contributed by atoms with Crippen molar-refractivity contribution < 1.29 is 9.90 Å². The van der Waals surface area contributed by atoms with Gasteiger partial charge in [-0.3, -0.25) is 4.79 Å². The van der Waals surface area contributed by atoms with Crippen molar-refractivity contribution in [3.63, 3.8) is 0 Å². The largest absolute Gasteiger partial charge is 0.389 e. The monoisotopic (exact) mass is 318 g/mol. The van der Waals surface area contributed by atoms with Gasteiger partial charge in [0.1, 0.15) is 0 Å². The maximum absolute atomic E-state index is 10.9. The first-order valence-corrected chi connectivity index (χ1v) is 8.78. The molecular weight excluding hydrogens is 288 g/mol. The predicted octanol–water partition coefficient (Wildman–Crippen LogP) is 2.71. The Balaban J connectivity index is 1.80. The van der Waals surface area contributed by atoms with Crippen molar-refractivity contribution in [2.45, 2.75) is 64.0 Å². The Kier molecular flexibility index (Phi) is 6.60. The number of carbonyl (C=O) groups excluding carboxylic acids is 1. The fourth-order valence-corrected chi connectivity index (χ4v) is 3.20. The minimum Gasteiger partial charge on any atom is -0.389 e. The number of nitrogens with one attached hydrogen (secondary N) is 2. The van der Waals surface area contributed by atoms with E-state index in [1.165, 1.54) is 24.5 Å². The summed E-state index contributed by atoms with van der Waals surface area (Å²) in [5, 5.41) is 16.8. The van der Waals surface area contributed by atoms with Crippen molar-refractivity contribution >= 4 is 5.91 Å². The average molecular weight is 318 g/mol. The maximum atomic E-state index is 10.9. The van der Waals surface area contributed by atoms with Crippen LogP contribution in [0.3, 0.4) is 0 Å². The Morgan fingerprint density at radius 1 is 1.22 bits per heavy atom. The van der Waals surface area contributed by atoms with Gasteiger partial charge in [-0.25, -0.2) is 0 Å². The average Bonchev–Trinajstić information content (AvgIpc) is 2.54. The molecule has 0 saturated heterocycles. The lowest BCUT2D eigenvalue weighted by Gasteiger charge is -2.33. The minimum atomic E-state index is -0.523. The fourth-order valence-electron chi connectivity index (χ4n) is 3.20. The molecule has 2 rings (SSSR count). The van der Waals surface area contributed by atoms with Crippen LogP contribution in [0, 0.1) is 0 Å². The lowest BCUT2D eigenvalue weighted by molar-refractivity contribution is -0.118. The highest BCUT2D eigenvalue weighted by molar-refractivity contribution is 5.72. The van der Waals surface area contributed by atoms with Crippen molar-refractivity contribution in [2.24, 2.45) is 0 Å². The van der Waals surface area contributed by atoms with Gasteiger partial charge in [0.15, 0.2) is 0 Å². The molecule has 1 unspecified atom stereocenters. The summed E-state index contributed by atoms with van der Waals surface area (Å²) < 4.78 is 0. The summed E-state index contributed by atoms with van der Waals surface area (Å²) in [6, 6.07) is 8.72. The summed E-state index contributed by atoms with van der Waals surface area (Å²) in [4.78, 5) is 10.9. The highest BCUT2D eigenvalue weighted by atomic mass is 16.3. The van der Waals surface area contributed by atoms with E-state index >= 15 is 0 Å². The van der Waals surface area contributed by atoms with Gasteiger partial charge in [0.25, 0.3) is 0 Å². The first kappa shape index (κ1) is 18.0. The summed E-state index contributed by atoms with van der Waals surface area (Å²) >= 11 is 0. The third kappa shape index (κ3) is 5.96. The van der Waals surface area contributed by atoms with E-state index in [1.807, 2.05) is 0 Å². The van der Waals surface area contributed by atoms with Crippen molar-refractivity contribution in [1.82, 2.24) is 10.6 Å². The number of hydrogen-bond acceptors (Lipinski definition) is 3. The molecule has 0 heterocycles. The molecule has 0 aromatic heterocycles. The van der Waals surface area contributed by atoms with Crippen molar-refractivity contribution in [2.75, 3.05) is 13.1 Å². The van der Waals surface area contributed by atoms with Crippen LogP contribution in [0.5, 0.6) is 0 Å². The lowest BCUT2D eigenvalue weighted by Crippen LogP contribution is -2.42. The molecule has 1 aromatic carbocycles. The molecule has 1 saturated carbocycles. The SMILES string of the molecule is CC(=O)NCCc1ccc(C(C)NCC2(O)CCCCC2)cc1. The summed E-state index contributed by atoms with van der Waals surface area (Å²) in [5.74, 6) is 0.0140. The summed E-state index contributed by atoms with van der Waals surface area (Å²) in [6.45, 7) is 5.02. The van der Waals surface area contributed by atoms with E-state index in [2.05, 4.69) is 41.8 Å². The van der Waals surface area contributed by atoms with Crippen LogP contribution in [0.25, 0.3) is 0 Å². The van der Waals surface area contributed by atoms with E-state index < -0.39 is 5.60 Å². The molecule has 0 spiro atoms. The third-order valence-electron chi connectivity index (χ3n) is 4.79. The fraction of sp³-hybridized carbons (Fsp3) is 0.632. The smallest absolute Gasteiger partial charge is 0.216 e. The van der Waals surface area contributed by atoms with Gasteiger partial charge in [0.05, 0.1) is 5.60 Å². The Hall–Kier alpha value is -1.39. The van der Waals surface area contributed by atoms with Crippen LogP contribution < -0.4 is 10.6 Å². The molecule has 23 heavy (non-hydrogen) atoms. The molecule has 128 valence electrons. The van der Waals surface area contributed by atoms with E-state index in [1.54, 1.807) is 0 Å². The molecule has 1 aromatic rings.